The topological polar surface area (TPSA) is 189 Å². The monoisotopic (exact) mass is 739 g/mol. The van der Waals surface area contributed by atoms with Crippen molar-refractivity contribution in [3.8, 4) is 0 Å². The molecule has 2 aliphatic carbocycles. The fourth-order valence-electron chi connectivity index (χ4n) is 7.93. The third kappa shape index (κ3) is 11.3. The smallest absolute Gasteiger partial charge is 0.407 e. The molecule has 1 aromatic rings. The van der Waals surface area contributed by atoms with Crippen molar-refractivity contribution in [3.63, 3.8) is 0 Å². The second kappa shape index (κ2) is 19.5. The summed E-state index contributed by atoms with van der Waals surface area (Å²) < 4.78 is 10.2. The van der Waals surface area contributed by atoms with Gasteiger partial charge in [0, 0.05) is 6.54 Å². The lowest BCUT2D eigenvalue weighted by molar-refractivity contribution is -0.145. The quantitative estimate of drug-likeness (QED) is 0.145. The molecule has 1 aromatic carbocycles. The molecular weight excluding hydrogens is 682 g/mol. The summed E-state index contributed by atoms with van der Waals surface area (Å²) in [5, 5.41) is 10.5. The number of alkyl carbamates (subject to hydrolysis) is 1. The van der Waals surface area contributed by atoms with E-state index in [0.717, 1.165) is 57.8 Å². The number of ether oxygens (including phenoxy) is 2. The second-order valence-corrected chi connectivity index (χ2v) is 15.2. The Labute approximate surface area is 312 Å². The molecular formula is C39H57N5O9. The van der Waals surface area contributed by atoms with Gasteiger partial charge in [-0.25, -0.2) is 9.59 Å². The van der Waals surface area contributed by atoms with Crippen LogP contribution in [0.1, 0.15) is 109 Å². The molecule has 2 saturated carbocycles. The van der Waals surface area contributed by atoms with Crippen molar-refractivity contribution in [3.05, 3.63) is 35.9 Å². The molecule has 1 unspecified atom stereocenters. The molecule has 1 heterocycles. The van der Waals surface area contributed by atoms with Gasteiger partial charge < -0.3 is 35.6 Å². The molecule has 1 saturated heterocycles. The average Bonchev–Trinajstić information content (AvgIpc) is 3.80. The number of benzene rings is 1. The minimum atomic E-state index is -1.20. The van der Waals surface area contributed by atoms with E-state index in [4.69, 9.17) is 9.47 Å². The number of carbonyl (C=O) groups is 7. The van der Waals surface area contributed by atoms with Gasteiger partial charge in [0.15, 0.2) is 6.04 Å². The van der Waals surface area contributed by atoms with E-state index < -0.39 is 66.3 Å². The van der Waals surface area contributed by atoms with E-state index >= 15 is 0 Å². The van der Waals surface area contributed by atoms with E-state index in [9.17, 15) is 33.6 Å². The van der Waals surface area contributed by atoms with Gasteiger partial charge in [0.1, 0.15) is 12.1 Å². The number of ketones is 1. The molecule has 53 heavy (non-hydrogen) atoms. The normalized spacial score (nSPS) is 19.9. The van der Waals surface area contributed by atoms with Crippen molar-refractivity contribution in [2.24, 2.45) is 17.3 Å². The lowest BCUT2D eigenvalue weighted by Gasteiger charge is -2.35. The highest BCUT2D eigenvalue weighted by molar-refractivity contribution is 6.38. The molecule has 14 nitrogen and oxygen atoms in total. The van der Waals surface area contributed by atoms with Gasteiger partial charge in [-0.3, -0.25) is 24.0 Å². The standard InChI is InChI=1S/C39H57N5O9/c1-5-14-28(33(46)35(48)40-22-30(45)42-32(37(50)52-4)27-17-10-7-11-18-27)41-34(47)29-21-39(19-12-13-20-39)24-44(29)36(49)31(26-15-8-6-9-16-26)43-38(51)53-23-25(2)3/h7,10-11,17-18,25-26,28-29,31-32H,5-6,8-9,12-16,19-24H2,1-4H3,(H,40,48)(H,41,47)(H,42,45)(H,43,51)/t28?,29-,31-,32-/m0/s1. The average molecular weight is 740 g/mol. The van der Waals surface area contributed by atoms with E-state index in [1.54, 1.807) is 35.2 Å². The van der Waals surface area contributed by atoms with Crippen LogP contribution in [0.15, 0.2) is 30.3 Å². The van der Waals surface area contributed by atoms with Crippen LogP contribution in [0.3, 0.4) is 0 Å². The van der Waals surface area contributed by atoms with Gasteiger partial charge in [-0.1, -0.05) is 89.6 Å². The van der Waals surface area contributed by atoms with E-state index in [-0.39, 0.29) is 36.2 Å². The number of carbonyl (C=O) groups excluding carboxylic acids is 7. The van der Waals surface area contributed by atoms with Crippen LogP contribution in [0.25, 0.3) is 0 Å². The van der Waals surface area contributed by atoms with Crippen LogP contribution < -0.4 is 21.3 Å². The maximum absolute atomic E-state index is 14.5. The van der Waals surface area contributed by atoms with Crippen LogP contribution in [0.4, 0.5) is 4.79 Å². The molecule has 4 N–H and O–H groups in total. The SMILES string of the molecule is CCCC(NC(=O)[C@@H]1CC2(CCCC2)CN1C(=O)[C@@H](NC(=O)OCC(C)C)C1CCCCC1)C(=O)C(=O)NCC(=O)N[C@H](C(=O)OC)c1ccccc1. The Kier molecular flexibility index (Phi) is 15.2. The number of hydrogen-bond donors (Lipinski definition) is 4. The predicted octanol–water partition coefficient (Wildman–Crippen LogP) is 3.48. The summed E-state index contributed by atoms with van der Waals surface area (Å²) in [6.45, 7) is 5.65. The number of nitrogens with zero attached hydrogens (tertiary/aromatic N) is 1. The summed E-state index contributed by atoms with van der Waals surface area (Å²) in [5.74, 6) is -4.27. The summed E-state index contributed by atoms with van der Waals surface area (Å²) in [5.41, 5.74) is 0.232. The molecule has 0 aromatic heterocycles. The maximum atomic E-state index is 14.5. The Bertz CT molecular complexity index is 1460. The molecule has 14 heteroatoms. The second-order valence-electron chi connectivity index (χ2n) is 15.2. The van der Waals surface area contributed by atoms with Crippen molar-refractivity contribution in [2.45, 2.75) is 122 Å². The Hall–Kier alpha value is -4.49. The fraction of sp³-hybridized carbons (Fsp3) is 0.667. The van der Waals surface area contributed by atoms with Crippen molar-refractivity contribution < 1.29 is 43.0 Å². The third-order valence-electron chi connectivity index (χ3n) is 10.7. The zero-order valence-electron chi connectivity index (χ0n) is 31.6. The lowest BCUT2D eigenvalue weighted by Crippen LogP contribution is -2.58. The first-order valence-electron chi connectivity index (χ1n) is 19.2. The third-order valence-corrected chi connectivity index (χ3v) is 10.7. The number of rotatable bonds is 16. The number of hydrogen-bond acceptors (Lipinski definition) is 9. The first kappa shape index (κ1) is 41.3. The Morgan fingerprint density at radius 1 is 0.906 bits per heavy atom. The minimum absolute atomic E-state index is 0.0994. The molecule has 4 rings (SSSR count). The maximum Gasteiger partial charge on any atom is 0.407 e. The molecule has 0 radical (unpaired) electrons. The highest BCUT2D eigenvalue weighted by Crippen LogP contribution is 2.48. The summed E-state index contributed by atoms with van der Waals surface area (Å²) >= 11 is 0. The molecule has 0 bridgehead atoms. The minimum Gasteiger partial charge on any atom is -0.467 e. The summed E-state index contributed by atoms with van der Waals surface area (Å²) in [6, 6.07) is 4.38. The van der Waals surface area contributed by atoms with Gasteiger partial charge in [0.05, 0.1) is 26.3 Å². The number of nitrogens with one attached hydrogen (secondary N) is 4. The van der Waals surface area contributed by atoms with Gasteiger partial charge in [-0.05, 0) is 61.3 Å². The molecule has 292 valence electrons. The number of likely N-dealkylation sites (tertiary alicyclic amines) is 1. The highest BCUT2D eigenvalue weighted by atomic mass is 16.5. The predicted molar refractivity (Wildman–Crippen MR) is 195 cm³/mol. The number of amides is 5. The largest absolute Gasteiger partial charge is 0.467 e. The lowest BCUT2D eigenvalue weighted by atomic mass is 9.83. The molecule has 3 aliphatic rings. The van der Waals surface area contributed by atoms with Crippen LogP contribution >= 0.6 is 0 Å². The molecule has 5 amide bonds. The zero-order valence-corrected chi connectivity index (χ0v) is 31.6. The van der Waals surface area contributed by atoms with Crippen molar-refractivity contribution in [1.82, 2.24) is 26.2 Å². The molecule has 1 aliphatic heterocycles. The van der Waals surface area contributed by atoms with Crippen LogP contribution in [-0.2, 0) is 38.2 Å². The molecule has 3 fully saturated rings. The Morgan fingerprint density at radius 2 is 1.58 bits per heavy atom. The summed E-state index contributed by atoms with van der Waals surface area (Å²) in [4.78, 5) is 94.7. The van der Waals surface area contributed by atoms with E-state index in [0.29, 0.717) is 24.9 Å². The van der Waals surface area contributed by atoms with Crippen molar-refractivity contribution in [1.29, 1.82) is 0 Å². The van der Waals surface area contributed by atoms with Crippen molar-refractivity contribution >= 4 is 41.5 Å². The Morgan fingerprint density at radius 3 is 2.21 bits per heavy atom. The number of methoxy groups -OCH3 is 1. The molecule has 1 spiro atoms. The van der Waals surface area contributed by atoms with Crippen LogP contribution in [0.5, 0.6) is 0 Å². The first-order valence-corrected chi connectivity index (χ1v) is 19.2. The summed E-state index contributed by atoms with van der Waals surface area (Å²) in [7, 11) is 1.19. The van der Waals surface area contributed by atoms with Gasteiger partial charge in [0.2, 0.25) is 23.5 Å². The van der Waals surface area contributed by atoms with Crippen LogP contribution in [-0.4, -0.2) is 91.3 Å². The van der Waals surface area contributed by atoms with Gasteiger partial charge in [0.25, 0.3) is 5.91 Å². The first-order chi connectivity index (χ1) is 25.4. The number of esters is 1. The van der Waals surface area contributed by atoms with Crippen molar-refractivity contribution in [2.75, 3.05) is 26.8 Å². The van der Waals surface area contributed by atoms with Crippen LogP contribution in [0, 0.1) is 17.3 Å². The Balaban J connectivity index is 1.45. The van der Waals surface area contributed by atoms with Crippen LogP contribution in [0.2, 0.25) is 0 Å². The van der Waals surface area contributed by atoms with E-state index in [1.807, 2.05) is 20.8 Å². The van der Waals surface area contributed by atoms with E-state index in [1.165, 1.54) is 7.11 Å². The van der Waals surface area contributed by atoms with Gasteiger partial charge in [-0.2, -0.15) is 0 Å². The zero-order chi connectivity index (χ0) is 38.5. The number of Topliss-reactive ketones (excluding diaryl/α,β-unsaturated/α-hetero) is 1. The van der Waals surface area contributed by atoms with E-state index in [2.05, 4.69) is 21.3 Å². The van der Waals surface area contributed by atoms with Gasteiger partial charge >= 0.3 is 12.1 Å². The summed E-state index contributed by atoms with van der Waals surface area (Å²) in [6.07, 6.45) is 8.55. The van der Waals surface area contributed by atoms with Gasteiger partial charge in [-0.15, -0.1) is 0 Å². The fourth-order valence-corrected chi connectivity index (χ4v) is 7.93. The highest BCUT2D eigenvalue weighted by Gasteiger charge is 2.52. The molecule has 4 atom stereocenters.